The molecule has 0 aliphatic rings. The van der Waals surface area contributed by atoms with E-state index < -0.39 is 4.92 Å². The third-order valence-corrected chi connectivity index (χ3v) is 4.78. The van der Waals surface area contributed by atoms with Crippen LogP contribution in [0.2, 0.25) is 0 Å². The maximum Gasteiger partial charge on any atom is 0.269 e. The maximum absolute atomic E-state index is 12.3. The predicted molar refractivity (Wildman–Crippen MR) is 103 cm³/mol. The first kappa shape index (κ1) is 18.6. The Labute approximate surface area is 159 Å². The van der Waals surface area contributed by atoms with Crippen molar-refractivity contribution in [3.05, 3.63) is 85.5 Å². The summed E-state index contributed by atoms with van der Waals surface area (Å²) >= 11 is 1.60. The van der Waals surface area contributed by atoms with Gasteiger partial charge in [0.2, 0.25) is 0 Å². The fraction of sp³-hybridized carbons (Fsp3) is 0.150. The fourth-order valence-electron chi connectivity index (χ4n) is 2.50. The summed E-state index contributed by atoms with van der Waals surface area (Å²) in [6, 6.07) is 11.2. The lowest BCUT2D eigenvalue weighted by atomic mass is 10.1. The largest absolute Gasteiger partial charge is 0.486 e. The number of furan rings is 1. The summed E-state index contributed by atoms with van der Waals surface area (Å²) in [5, 5.41) is 10.6. The van der Waals surface area contributed by atoms with E-state index in [1.165, 1.54) is 30.3 Å². The van der Waals surface area contributed by atoms with Crippen molar-refractivity contribution in [2.75, 3.05) is 0 Å². The molecule has 0 saturated carbocycles. The van der Waals surface area contributed by atoms with Crippen molar-refractivity contribution in [1.82, 2.24) is 0 Å². The van der Waals surface area contributed by atoms with E-state index in [4.69, 9.17) is 9.15 Å². The van der Waals surface area contributed by atoms with E-state index in [0.29, 0.717) is 22.8 Å². The van der Waals surface area contributed by atoms with Gasteiger partial charge in [-0.15, -0.1) is 11.3 Å². The van der Waals surface area contributed by atoms with Crippen LogP contribution in [0.5, 0.6) is 5.75 Å². The zero-order chi connectivity index (χ0) is 19.4. The van der Waals surface area contributed by atoms with E-state index in [-0.39, 0.29) is 18.1 Å². The average molecular weight is 383 g/mol. The standard InChI is InChI=1S/C20H17NO5S/c1-13-11-19(14(2)27-13)20(22)10-9-17-7-8-18(26-17)12-25-16-5-3-15(4-6-16)21(23)24/h3-11H,12H2,1-2H3/b10-9+. The summed E-state index contributed by atoms with van der Waals surface area (Å²) in [5.41, 5.74) is 0.718. The molecule has 0 fully saturated rings. The minimum absolute atomic E-state index is 0.00786. The van der Waals surface area contributed by atoms with E-state index in [9.17, 15) is 14.9 Å². The number of hydrogen-bond donors (Lipinski definition) is 0. The Morgan fingerprint density at radius 3 is 2.59 bits per heavy atom. The molecule has 7 heteroatoms. The lowest BCUT2D eigenvalue weighted by molar-refractivity contribution is -0.384. The lowest BCUT2D eigenvalue weighted by Crippen LogP contribution is -1.94. The quantitative estimate of drug-likeness (QED) is 0.238. The second-order valence-electron chi connectivity index (χ2n) is 5.87. The molecule has 0 spiro atoms. The summed E-state index contributed by atoms with van der Waals surface area (Å²) in [6.45, 7) is 4.09. The molecule has 0 unspecified atom stereocenters. The highest BCUT2D eigenvalue weighted by molar-refractivity contribution is 7.12. The van der Waals surface area contributed by atoms with Gasteiger partial charge in [-0.25, -0.2) is 0 Å². The number of nitro groups is 1. The van der Waals surface area contributed by atoms with Crippen LogP contribution in [0.25, 0.3) is 6.08 Å². The number of benzene rings is 1. The predicted octanol–water partition coefficient (Wildman–Crippen LogP) is 5.34. The van der Waals surface area contributed by atoms with Crippen LogP contribution < -0.4 is 4.74 Å². The Hall–Kier alpha value is -3.19. The van der Waals surface area contributed by atoms with Gasteiger partial charge < -0.3 is 9.15 Å². The monoisotopic (exact) mass is 383 g/mol. The molecule has 6 nitrogen and oxygen atoms in total. The molecule has 3 aromatic rings. The first-order valence-electron chi connectivity index (χ1n) is 8.18. The Morgan fingerprint density at radius 1 is 1.22 bits per heavy atom. The van der Waals surface area contributed by atoms with Gasteiger partial charge in [-0.2, -0.15) is 0 Å². The number of nitrogens with zero attached hydrogens (tertiary/aromatic N) is 1. The highest BCUT2D eigenvalue weighted by Crippen LogP contribution is 2.22. The molecule has 0 aliphatic carbocycles. The summed E-state index contributed by atoms with van der Waals surface area (Å²) in [4.78, 5) is 24.5. The van der Waals surface area contributed by atoms with Gasteiger partial charge in [0, 0.05) is 27.5 Å². The van der Waals surface area contributed by atoms with Crippen molar-refractivity contribution in [1.29, 1.82) is 0 Å². The van der Waals surface area contributed by atoms with E-state index in [1.807, 2.05) is 19.9 Å². The van der Waals surface area contributed by atoms with Gasteiger partial charge in [0.25, 0.3) is 5.69 Å². The molecule has 0 N–H and O–H groups in total. The second kappa shape index (κ2) is 8.01. The van der Waals surface area contributed by atoms with E-state index in [0.717, 1.165) is 9.75 Å². The molecule has 0 aliphatic heterocycles. The van der Waals surface area contributed by atoms with Gasteiger partial charge in [-0.05, 0) is 56.3 Å². The van der Waals surface area contributed by atoms with Crippen molar-refractivity contribution >= 4 is 28.9 Å². The molecule has 0 radical (unpaired) electrons. The van der Waals surface area contributed by atoms with Gasteiger partial charge in [0.05, 0.1) is 4.92 Å². The minimum atomic E-state index is -0.463. The third-order valence-electron chi connectivity index (χ3n) is 3.82. The zero-order valence-electron chi connectivity index (χ0n) is 14.8. The average Bonchev–Trinajstić information content (AvgIpc) is 3.24. The Bertz CT molecular complexity index is 998. The Morgan fingerprint density at radius 2 is 1.96 bits per heavy atom. The molecular formula is C20H17NO5S. The smallest absolute Gasteiger partial charge is 0.269 e. The van der Waals surface area contributed by atoms with Crippen LogP contribution in [0.3, 0.4) is 0 Å². The number of ketones is 1. The fourth-order valence-corrected chi connectivity index (χ4v) is 3.43. The SMILES string of the molecule is Cc1cc(C(=O)/C=C/c2ccc(COc3ccc([N+](=O)[O-])cc3)o2)c(C)s1. The maximum atomic E-state index is 12.3. The Kier molecular flexibility index (Phi) is 5.52. The number of non-ortho nitro benzene ring substituents is 1. The first-order chi connectivity index (χ1) is 12.9. The van der Waals surface area contributed by atoms with Crippen LogP contribution in [0.15, 0.2) is 53.0 Å². The van der Waals surface area contributed by atoms with E-state index in [2.05, 4.69) is 0 Å². The number of allylic oxidation sites excluding steroid dienone is 1. The molecule has 138 valence electrons. The molecule has 1 aromatic carbocycles. The van der Waals surface area contributed by atoms with Gasteiger partial charge in [0.15, 0.2) is 5.78 Å². The number of carbonyl (C=O) groups excluding carboxylic acids is 1. The first-order valence-corrected chi connectivity index (χ1v) is 8.99. The van der Waals surface area contributed by atoms with Crippen LogP contribution in [0, 0.1) is 24.0 Å². The number of rotatable bonds is 7. The van der Waals surface area contributed by atoms with Gasteiger partial charge in [-0.1, -0.05) is 0 Å². The number of thiophene rings is 1. The highest BCUT2D eigenvalue weighted by Gasteiger charge is 2.10. The Balaban J connectivity index is 1.58. The summed E-state index contributed by atoms with van der Waals surface area (Å²) in [6.07, 6.45) is 3.12. The van der Waals surface area contributed by atoms with Gasteiger partial charge in [0.1, 0.15) is 23.9 Å². The topological polar surface area (TPSA) is 82.6 Å². The van der Waals surface area contributed by atoms with Crippen LogP contribution in [-0.4, -0.2) is 10.7 Å². The van der Waals surface area contributed by atoms with Crippen molar-refractivity contribution in [2.24, 2.45) is 0 Å². The number of hydrogen-bond acceptors (Lipinski definition) is 6. The number of ether oxygens (including phenoxy) is 1. The van der Waals surface area contributed by atoms with E-state index >= 15 is 0 Å². The van der Waals surface area contributed by atoms with Crippen LogP contribution >= 0.6 is 11.3 Å². The van der Waals surface area contributed by atoms with Gasteiger partial charge >= 0.3 is 0 Å². The van der Waals surface area contributed by atoms with Crippen LogP contribution in [0.4, 0.5) is 5.69 Å². The van der Waals surface area contributed by atoms with Crippen molar-refractivity contribution in [2.45, 2.75) is 20.5 Å². The van der Waals surface area contributed by atoms with Gasteiger partial charge in [-0.3, -0.25) is 14.9 Å². The molecular weight excluding hydrogens is 366 g/mol. The molecule has 0 amide bonds. The molecule has 3 rings (SSSR count). The number of carbonyl (C=O) groups is 1. The molecule has 2 heterocycles. The normalized spacial score (nSPS) is 11.0. The molecule has 27 heavy (non-hydrogen) atoms. The third kappa shape index (κ3) is 4.71. The lowest BCUT2D eigenvalue weighted by Gasteiger charge is -2.03. The number of nitro benzene ring substituents is 1. The number of aryl methyl sites for hydroxylation is 2. The molecule has 0 saturated heterocycles. The van der Waals surface area contributed by atoms with Crippen molar-refractivity contribution < 1.29 is 18.9 Å². The minimum Gasteiger partial charge on any atom is -0.486 e. The van der Waals surface area contributed by atoms with Crippen LogP contribution in [-0.2, 0) is 6.61 Å². The summed E-state index contributed by atoms with van der Waals surface area (Å²) < 4.78 is 11.2. The molecule has 0 bridgehead atoms. The zero-order valence-corrected chi connectivity index (χ0v) is 15.6. The van der Waals surface area contributed by atoms with Crippen LogP contribution in [0.1, 0.15) is 31.6 Å². The molecule has 0 atom stereocenters. The van der Waals surface area contributed by atoms with Crippen molar-refractivity contribution in [3.63, 3.8) is 0 Å². The van der Waals surface area contributed by atoms with E-state index in [1.54, 1.807) is 29.5 Å². The molecule has 2 aromatic heterocycles. The summed E-state index contributed by atoms with van der Waals surface area (Å²) in [5.74, 6) is 1.59. The second-order valence-corrected chi connectivity index (χ2v) is 7.33. The van der Waals surface area contributed by atoms with Crippen molar-refractivity contribution in [3.8, 4) is 5.75 Å². The summed E-state index contributed by atoms with van der Waals surface area (Å²) in [7, 11) is 0. The highest BCUT2D eigenvalue weighted by atomic mass is 32.1.